The number of hydrogen-bond donors (Lipinski definition) is 1. The summed E-state index contributed by atoms with van der Waals surface area (Å²) in [5.74, 6) is 0.901. The first kappa shape index (κ1) is 13.4. The molecule has 1 atom stereocenters. The first-order chi connectivity index (χ1) is 9.78. The van der Waals surface area contributed by atoms with Crippen molar-refractivity contribution in [1.82, 2.24) is 10.2 Å². The number of piperidine rings is 1. The molecule has 2 heterocycles. The fourth-order valence-corrected chi connectivity index (χ4v) is 3.16. The number of nitrogens with one attached hydrogen (secondary N) is 1. The van der Waals surface area contributed by atoms with Crippen molar-refractivity contribution in [3.8, 4) is 5.75 Å². The summed E-state index contributed by atoms with van der Waals surface area (Å²) in [4.78, 5) is 14.0. The zero-order valence-corrected chi connectivity index (χ0v) is 12.0. The van der Waals surface area contributed by atoms with E-state index in [1.54, 1.807) is 0 Å². The Morgan fingerprint density at radius 3 is 3.15 bits per heavy atom. The second-order valence-electron chi connectivity index (χ2n) is 5.59. The van der Waals surface area contributed by atoms with Crippen molar-refractivity contribution in [1.29, 1.82) is 0 Å². The Morgan fingerprint density at radius 1 is 1.40 bits per heavy atom. The van der Waals surface area contributed by atoms with E-state index in [1.165, 1.54) is 25.8 Å². The predicted octanol–water partition coefficient (Wildman–Crippen LogP) is 2.18. The van der Waals surface area contributed by atoms with Crippen LogP contribution in [0.2, 0.25) is 0 Å². The summed E-state index contributed by atoms with van der Waals surface area (Å²) in [5, 5.41) is 2.83. The van der Waals surface area contributed by atoms with Gasteiger partial charge in [0.1, 0.15) is 12.4 Å². The quantitative estimate of drug-likeness (QED) is 0.915. The van der Waals surface area contributed by atoms with Crippen molar-refractivity contribution < 1.29 is 9.53 Å². The standard InChI is InChI=1S/C16H22N2O2/c1-2-18-8-4-3-5-13(18)11-20-14-6-7-15-12(9-14)10-17-16(15)19/h6-7,9,13H,2-5,8,10-11H2,1H3,(H,17,19). The molecule has 2 aliphatic rings. The summed E-state index contributed by atoms with van der Waals surface area (Å²) in [6.45, 7) is 5.86. The molecule has 0 aromatic heterocycles. The zero-order valence-electron chi connectivity index (χ0n) is 12.0. The van der Waals surface area contributed by atoms with Crippen LogP contribution in [0, 0.1) is 0 Å². The average Bonchev–Trinajstić information content (AvgIpc) is 2.86. The highest BCUT2D eigenvalue weighted by molar-refractivity contribution is 5.98. The molecule has 20 heavy (non-hydrogen) atoms. The summed E-state index contributed by atoms with van der Waals surface area (Å²) in [7, 11) is 0. The fourth-order valence-electron chi connectivity index (χ4n) is 3.16. The highest BCUT2D eigenvalue weighted by Crippen LogP contribution is 2.23. The maximum Gasteiger partial charge on any atom is 0.251 e. The van der Waals surface area contributed by atoms with E-state index < -0.39 is 0 Å². The number of benzene rings is 1. The van der Waals surface area contributed by atoms with Crippen LogP contribution < -0.4 is 10.1 Å². The SMILES string of the molecule is CCN1CCCCC1COc1ccc2c(c1)CNC2=O. The van der Waals surface area contributed by atoms with E-state index >= 15 is 0 Å². The van der Waals surface area contributed by atoms with E-state index in [4.69, 9.17) is 4.74 Å². The molecule has 0 spiro atoms. The minimum Gasteiger partial charge on any atom is -0.492 e. The minimum atomic E-state index is 0.0241. The van der Waals surface area contributed by atoms with E-state index in [9.17, 15) is 4.79 Å². The molecule has 0 saturated carbocycles. The lowest BCUT2D eigenvalue weighted by Crippen LogP contribution is -2.42. The highest BCUT2D eigenvalue weighted by Gasteiger charge is 2.22. The molecule has 0 bridgehead atoms. The van der Waals surface area contributed by atoms with Gasteiger partial charge in [-0.05, 0) is 49.7 Å². The summed E-state index contributed by atoms with van der Waals surface area (Å²) in [5.41, 5.74) is 1.83. The molecule has 3 rings (SSSR count). The molecule has 0 radical (unpaired) electrons. The Kier molecular flexibility index (Phi) is 3.92. The van der Waals surface area contributed by atoms with Gasteiger partial charge in [0.15, 0.2) is 0 Å². The molecule has 1 saturated heterocycles. The number of likely N-dealkylation sites (tertiary alicyclic amines) is 1. The van der Waals surface area contributed by atoms with Crippen molar-refractivity contribution >= 4 is 5.91 Å². The van der Waals surface area contributed by atoms with Crippen molar-refractivity contribution in [2.75, 3.05) is 19.7 Å². The second kappa shape index (κ2) is 5.83. The van der Waals surface area contributed by atoms with Gasteiger partial charge in [0.05, 0.1) is 0 Å². The molecule has 1 fully saturated rings. The Bertz CT molecular complexity index is 501. The number of hydrogen-bond acceptors (Lipinski definition) is 3. The molecule has 1 aromatic rings. The number of nitrogens with zero attached hydrogens (tertiary/aromatic N) is 1. The van der Waals surface area contributed by atoms with Crippen molar-refractivity contribution in [2.24, 2.45) is 0 Å². The molecule has 1 aromatic carbocycles. The molecule has 0 aliphatic carbocycles. The molecule has 108 valence electrons. The monoisotopic (exact) mass is 274 g/mol. The zero-order chi connectivity index (χ0) is 13.9. The minimum absolute atomic E-state index is 0.0241. The van der Waals surface area contributed by atoms with Gasteiger partial charge in [-0.15, -0.1) is 0 Å². The number of carbonyl (C=O) groups is 1. The van der Waals surface area contributed by atoms with Gasteiger partial charge in [-0.1, -0.05) is 13.3 Å². The molecule has 1 unspecified atom stereocenters. The van der Waals surface area contributed by atoms with Gasteiger partial charge in [-0.3, -0.25) is 9.69 Å². The van der Waals surface area contributed by atoms with Crippen LogP contribution >= 0.6 is 0 Å². The van der Waals surface area contributed by atoms with Gasteiger partial charge in [-0.25, -0.2) is 0 Å². The van der Waals surface area contributed by atoms with E-state index in [2.05, 4.69) is 17.1 Å². The van der Waals surface area contributed by atoms with Crippen molar-refractivity contribution in [2.45, 2.75) is 38.8 Å². The Balaban J connectivity index is 1.62. The maximum absolute atomic E-state index is 11.5. The molecule has 2 aliphatic heterocycles. The van der Waals surface area contributed by atoms with Crippen LogP contribution in [0.1, 0.15) is 42.1 Å². The number of amides is 1. The maximum atomic E-state index is 11.5. The normalized spacial score (nSPS) is 22.4. The fraction of sp³-hybridized carbons (Fsp3) is 0.562. The number of carbonyl (C=O) groups excluding carboxylic acids is 1. The first-order valence-corrected chi connectivity index (χ1v) is 7.56. The van der Waals surface area contributed by atoms with E-state index in [0.717, 1.165) is 30.0 Å². The lowest BCUT2D eigenvalue weighted by Gasteiger charge is -2.34. The first-order valence-electron chi connectivity index (χ1n) is 7.56. The molecular formula is C16H22N2O2. The van der Waals surface area contributed by atoms with E-state index in [-0.39, 0.29) is 5.91 Å². The summed E-state index contributed by atoms with van der Waals surface area (Å²) in [6, 6.07) is 6.29. The lowest BCUT2D eigenvalue weighted by molar-refractivity contribution is 0.0965. The van der Waals surface area contributed by atoms with Crippen LogP contribution in [0.4, 0.5) is 0 Å². The average molecular weight is 274 g/mol. The van der Waals surface area contributed by atoms with Crippen molar-refractivity contribution in [3.63, 3.8) is 0 Å². The summed E-state index contributed by atoms with van der Waals surface area (Å²) in [6.07, 6.45) is 3.82. The van der Waals surface area contributed by atoms with Crippen LogP contribution in [0.5, 0.6) is 5.75 Å². The summed E-state index contributed by atoms with van der Waals surface area (Å²) >= 11 is 0. The van der Waals surface area contributed by atoms with Crippen LogP contribution in [-0.4, -0.2) is 36.5 Å². The third kappa shape index (κ3) is 2.66. The number of rotatable bonds is 4. The van der Waals surface area contributed by atoms with Gasteiger partial charge in [-0.2, -0.15) is 0 Å². The van der Waals surface area contributed by atoms with E-state index in [1.807, 2.05) is 18.2 Å². The third-order valence-electron chi connectivity index (χ3n) is 4.36. The molecular weight excluding hydrogens is 252 g/mol. The van der Waals surface area contributed by atoms with Gasteiger partial charge in [0.2, 0.25) is 0 Å². The summed E-state index contributed by atoms with van der Waals surface area (Å²) < 4.78 is 5.96. The predicted molar refractivity (Wildman–Crippen MR) is 78.0 cm³/mol. The number of fused-ring (bicyclic) bond motifs is 1. The Labute approximate surface area is 120 Å². The molecule has 4 heteroatoms. The lowest BCUT2D eigenvalue weighted by atomic mass is 10.0. The smallest absolute Gasteiger partial charge is 0.251 e. The number of ether oxygens (including phenoxy) is 1. The molecule has 4 nitrogen and oxygen atoms in total. The van der Waals surface area contributed by atoms with Crippen LogP contribution in [0.15, 0.2) is 18.2 Å². The molecule has 1 amide bonds. The van der Waals surface area contributed by atoms with Crippen LogP contribution in [-0.2, 0) is 6.54 Å². The third-order valence-corrected chi connectivity index (χ3v) is 4.36. The van der Waals surface area contributed by atoms with Gasteiger partial charge in [0, 0.05) is 18.2 Å². The van der Waals surface area contributed by atoms with Crippen LogP contribution in [0.25, 0.3) is 0 Å². The Hall–Kier alpha value is -1.55. The van der Waals surface area contributed by atoms with Gasteiger partial charge >= 0.3 is 0 Å². The van der Waals surface area contributed by atoms with Gasteiger partial charge < -0.3 is 10.1 Å². The molecule has 1 N–H and O–H groups in total. The Morgan fingerprint density at radius 2 is 2.30 bits per heavy atom. The number of likely N-dealkylation sites (N-methyl/N-ethyl adjacent to an activating group) is 1. The van der Waals surface area contributed by atoms with Gasteiger partial charge in [0.25, 0.3) is 5.91 Å². The topological polar surface area (TPSA) is 41.6 Å². The highest BCUT2D eigenvalue weighted by atomic mass is 16.5. The largest absolute Gasteiger partial charge is 0.492 e. The second-order valence-corrected chi connectivity index (χ2v) is 5.59. The van der Waals surface area contributed by atoms with Crippen molar-refractivity contribution in [3.05, 3.63) is 29.3 Å². The van der Waals surface area contributed by atoms with E-state index in [0.29, 0.717) is 12.6 Å². The van der Waals surface area contributed by atoms with Crippen LogP contribution in [0.3, 0.4) is 0 Å².